The summed E-state index contributed by atoms with van der Waals surface area (Å²) in [4.78, 5) is 11.3. The fourth-order valence-electron chi connectivity index (χ4n) is 2.34. The van der Waals surface area contributed by atoms with Crippen molar-refractivity contribution in [2.24, 2.45) is 0 Å². The Morgan fingerprint density at radius 3 is 2.33 bits per heavy atom. The number of benzene rings is 2. The third-order valence-corrected chi connectivity index (χ3v) is 3.74. The van der Waals surface area contributed by atoms with Crippen LogP contribution in [0, 0.1) is 0 Å². The van der Waals surface area contributed by atoms with Gasteiger partial charge < -0.3 is 14.6 Å². The summed E-state index contributed by atoms with van der Waals surface area (Å²) in [6.07, 6.45) is -6.56. The lowest BCUT2D eigenvalue weighted by atomic mass is 10.0. The Labute approximate surface area is 158 Å². The average molecular weight is 401 g/mol. The van der Waals surface area contributed by atoms with Gasteiger partial charge in [-0.1, -0.05) is 43.6 Å². The third kappa shape index (κ3) is 4.54. The number of rotatable bonds is 3. The molecule has 27 heavy (non-hydrogen) atoms. The first-order chi connectivity index (χ1) is 12.8. The molecule has 0 saturated carbocycles. The molecule has 2 aromatic carbocycles. The summed E-state index contributed by atoms with van der Waals surface area (Å²) in [6.45, 7) is 4.00. The molecule has 0 amide bonds. The van der Waals surface area contributed by atoms with Gasteiger partial charge in [-0.15, -0.1) is 0 Å². The van der Waals surface area contributed by atoms with E-state index >= 15 is 0 Å². The van der Waals surface area contributed by atoms with Gasteiger partial charge in [0, 0.05) is 0 Å². The van der Waals surface area contributed by atoms with Crippen LogP contribution < -0.4 is 9.47 Å². The van der Waals surface area contributed by atoms with Crippen molar-refractivity contribution in [3.63, 3.8) is 0 Å². The van der Waals surface area contributed by atoms with Crippen LogP contribution in [0.3, 0.4) is 0 Å². The molecule has 144 valence electrons. The van der Waals surface area contributed by atoms with Crippen molar-refractivity contribution in [3.8, 4) is 17.2 Å². The molecule has 0 aromatic heterocycles. The summed E-state index contributed by atoms with van der Waals surface area (Å²) in [7, 11) is 0. The second-order valence-corrected chi connectivity index (χ2v) is 5.55. The Morgan fingerprint density at radius 1 is 1.15 bits per heavy atom. The quantitative estimate of drug-likeness (QED) is 0.691. The summed E-state index contributed by atoms with van der Waals surface area (Å²) >= 11 is 6.09. The van der Waals surface area contributed by atoms with Crippen molar-refractivity contribution in [1.82, 2.24) is 0 Å². The maximum absolute atomic E-state index is 13.1. The second kappa shape index (κ2) is 8.35. The molecule has 0 bridgehead atoms. The van der Waals surface area contributed by atoms with E-state index in [0.29, 0.717) is 5.75 Å². The zero-order valence-electron chi connectivity index (χ0n) is 14.4. The van der Waals surface area contributed by atoms with E-state index in [-0.39, 0.29) is 22.1 Å². The standard InChI is InChI=1S/C17H10ClF3O4.C2H6/c18-12-6-7-13-10(14(12)24-9-4-2-1-3-5-9)8-11(16(22)23)15(25-13)17(19,20)21;1-2/h1-8,15H,(H,22,23);1-2H3. The number of fused-ring (bicyclic) bond motifs is 1. The summed E-state index contributed by atoms with van der Waals surface area (Å²) in [6, 6.07) is 11.0. The van der Waals surface area contributed by atoms with Crippen LogP contribution in [0.2, 0.25) is 5.02 Å². The highest BCUT2D eigenvalue weighted by Crippen LogP contribution is 2.45. The van der Waals surface area contributed by atoms with E-state index in [1.165, 1.54) is 12.1 Å². The van der Waals surface area contributed by atoms with Gasteiger partial charge >= 0.3 is 12.1 Å². The smallest absolute Gasteiger partial charge is 0.430 e. The van der Waals surface area contributed by atoms with E-state index in [4.69, 9.17) is 26.2 Å². The maximum Gasteiger partial charge on any atom is 0.430 e. The molecule has 3 rings (SSSR count). The first-order valence-electron chi connectivity index (χ1n) is 8.01. The number of carbonyl (C=O) groups is 1. The molecular formula is C19H16ClF3O4. The lowest BCUT2D eigenvalue weighted by Gasteiger charge is -2.28. The zero-order chi connectivity index (χ0) is 20.2. The maximum atomic E-state index is 13.1. The highest BCUT2D eigenvalue weighted by molar-refractivity contribution is 6.32. The molecule has 1 N–H and O–H groups in total. The summed E-state index contributed by atoms with van der Waals surface area (Å²) in [5.74, 6) is -1.49. The van der Waals surface area contributed by atoms with Crippen LogP contribution in [0.25, 0.3) is 6.08 Å². The van der Waals surface area contributed by atoms with Crippen LogP contribution in [0.5, 0.6) is 17.2 Å². The van der Waals surface area contributed by atoms with Gasteiger partial charge in [0.15, 0.2) is 5.75 Å². The molecule has 1 unspecified atom stereocenters. The van der Waals surface area contributed by atoms with E-state index in [1.54, 1.807) is 30.3 Å². The Hall–Kier alpha value is -2.67. The molecule has 1 atom stereocenters. The highest BCUT2D eigenvalue weighted by atomic mass is 35.5. The molecule has 1 aliphatic heterocycles. The van der Waals surface area contributed by atoms with Crippen LogP contribution in [0.15, 0.2) is 48.0 Å². The molecule has 0 spiro atoms. The lowest BCUT2D eigenvalue weighted by Crippen LogP contribution is -2.40. The topological polar surface area (TPSA) is 55.8 Å². The fraction of sp³-hybridized carbons (Fsp3) is 0.211. The molecule has 8 heteroatoms. The van der Waals surface area contributed by atoms with Crippen LogP contribution in [0.1, 0.15) is 19.4 Å². The SMILES string of the molecule is CC.O=C(O)C1=Cc2c(ccc(Cl)c2Oc2ccccc2)OC1C(F)(F)F. The van der Waals surface area contributed by atoms with E-state index in [9.17, 15) is 18.0 Å². The minimum Gasteiger partial charge on any atom is -0.478 e. The van der Waals surface area contributed by atoms with Gasteiger partial charge in [0.25, 0.3) is 0 Å². The normalized spacial score (nSPS) is 15.5. The predicted molar refractivity (Wildman–Crippen MR) is 95.4 cm³/mol. The van der Waals surface area contributed by atoms with Crippen molar-refractivity contribution in [1.29, 1.82) is 0 Å². The number of aliphatic carboxylic acids is 1. The molecule has 0 aliphatic carbocycles. The number of alkyl halides is 3. The number of hydrogen-bond donors (Lipinski definition) is 1. The molecule has 0 fully saturated rings. The van der Waals surface area contributed by atoms with E-state index in [0.717, 1.165) is 6.08 Å². The largest absolute Gasteiger partial charge is 0.478 e. The third-order valence-electron chi connectivity index (χ3n) is 3.44. The van der Waals surface area contributed by atoms with Crippen LogP contribution in [0.4, 0.5) is 13.2 Å². The number of halogens is 4. The lowest BCUT2D eigenvalue weighted by molar-refractivity contribution is -0.187. The number of para-hydroxylation sites is 1. The Balaban J connectivity index is 0.00000126. The second-order valence-electron chi connectivity index (χ2n) is 5.15. The van der Waals surface area contributed by atoms with Gasteiger partial charge in [0.1, 0.15) is 11.5 Å². The van der Waals surface area contributed by atoms with Gasteiger partial charge in [-0.3, -0.25) is 0 Å². The Kier molecular flexibility index (Phi) is 6.38. The number of carboxylic acid groups (broad SMARTS) is 1. The first-order valence-corrected chi connectivity index (χ1v) is 8.39. The van der Waals surface area contributed by atoms with Crippen molar-refractivity contribution in [2.75, 3.05) is 0 Å². The van der Waals surface area contributed by atoms with Crippen molar-refractivity contribution in [2.45, 2.75) is 26.1 Å². The number of carboxylic acids is 1. The minimum atomic E-state index is -4.87. The first kappa shape index (κ1) is 20.6. The molecular weight excluding hydrogens is 385 g/mol. The predicted octanol–water partition coefficient (Wildman–Crippen LogP) is 5.95. The summed E-state index contributed by atoms with van der Waals surface area (Å²) in [5, 5.41) is 9.23. The molecule has 2 aromatic rings. The Morgan fingerprint density at radius 2 is 1.78 bits per heavy atom. The molecule has 4 nitrogen and oxygen atoms in total. The van der Waals surface area contributed by atoms with Gasteiger partial charge in [0.2, 0.25) is 6.10 Å². The van der Waals surface area contributed by atoms with Crippen molar-refractivity contribution >= 4 is 23.6 Å². The van der Waals surface area contributed by atoms with Gasteiger partial charge in [-0.05, 0) is 30.3 Å². The number of hydrogen-bond acceptors (Lipinski definition) is 3. The van der Waals surface area contributed by atoms with E-state index in [2.05, 4.69) is 0 Å². The molecule has 1 heterocycles. The van der Waals surface area contributed by atoms with Crippen molar-refractivity contribution in [3.05, 3.63) is 58.6 Å². The highest BCUT2D eigenvalue weighted by Gasteiger charge is 2.48. The Bertz CT molecular complexity index is 848. The van der Waals surface area contributed by atoms with Gasteiger partial charge in [-0.2, -0.15) is 13.2 Å². The summed E-state index contributed by atoms with van der Waals surface area (Å²) in [5.41, 5.74) is -0.908. The van der Waals surface area contributed by atoms with Crippen LogP contribution >= 0.6 is 11.6 Å². The van der Waals surface area contributed by atoms with Crippen LogP contribution in [-0.2, 0) is 4.79 Å². The fourth-order valence-corrected chi connectivity index (χ4v) is 2.55. The molecule has 1 aliphatic rings. The van der Waals surface area contributed by atoms with Crippen molar-refractivity contribution < 1.29 is 32.5 Å². The van der Waals surface area contributed by atoms with Gasteiger partial charge in [0.05, 0.1) is 16.2 Å². The van der Waals surface area contributed by atoms with Gasteiger partial charge in [-0.25, -0.2) is 4.79 Å². The minimum absolute atomic E-state index is 0.0183. The van der Waals surface area contributed by atoms with E-state index < -0.39 is 23.8 Å². The van der Waals surface area contributed by atoms with Crippen LogP contribution in [-0.4, -0.2) is 23.4 Å². The summed E-state index contributed by atoms with van der Waals surface area (Å²) < 4.78 is 49.8. The molecule has 0 radical (unpaired) electrons. The monoisotopic (exact) mass is 400 g/mol. The molecule has 0 saturated heterocycles. The van der Waals surface area contributed by atoms with E-state index in [1.807, 2.05) is 13.8 Å². The number of ether oxygens (including phenoxy) is 2. The average Bonchev–Trinajstić information content (AvgIpc) is 2.65. The zero-order valence-corrected chi connectivity index (χ0v) is 15.1.